The predicted octanol–water partition coefficient (Wildman–Crippen LogP) is 15.8. The Morgan fingerprint density at radius 1 is 0.721 bits per heavy atom. The third kappa shape index (κ3) is 5.85. The molecule has 0 radical (unpaired) electrons. The van der Waals surface area contributed by atoms with Crippen molar-refractivity contribution in [2.45, 2.75) is 45.6 Å². The van der Waals surface area contributed by atoms with E-state index in [0.717, 1.165) is 18.5 Å². The van der Waals surface area contributed by atoms with Gasteiger partial charge in [-0.15, -0.1) is 0 Å². The van der Waals surface area contributed by atoms with Crippen molar-refractivity contribution in [2.24, 2.45) is 0 Å². The van der Waals surface area contributed by atoms with Crippen molar-refractivity contribution in [3.63, 3.8) is 0 Å². The maximum absolute atomic E-state index is 4.04. The van der Waals surface area contributed by atoms with Crippen LogP contribution in [0.4, 0.5) is 5.69 Å². The van der Waals surface area contributed by atoms with Crippen LogP contribution in [0, 0.1) is 0 Å². The molecule has 1 aromatic heterocycles. The molecular formula is C59H48N2. The summed E-state index contributed by atoms with van der Waals surface area (Å²) in [5.41, 5.74) is 20.4. The van der Waals surface area contributed by atoms with Crippen LogP contribution in [0.1, 0.15) is 72.9 Å². The zero-order chi connectivity index (χ0) is 41.2. The van der Waals surface area contributed by atoms with Crippen LogP contribution in [0.25, 0.3) is 78.3 Å². The molecule has 0 saturated heterocycles. The van der Waals surface area contributed by atoms with E-state index in [4.69, 9.17) is 0 Å². The molecule has 7 aromatic rings. The molecule has 0 bridgehead atoms. The van der Waals surface area contributed by atoms with E-state index in [0.29, 0.717) is 5.92 Å². The highest BCUT2D eigenvalue weighted by atomic mass is 15.2. The Hall–Kier alpha value is -7.16. The number of nitrogens with zero attached hydrogens (tertiary/aromatic N) is 2. The maximum atomic E-state index is 4.04. The topological polar surface area (TPSA) is 8.17 Å². The molecule has 0 amide bonds. The molecule has 6 aromatic carbocycles. The molecule has 2 atom stereocenters. The van der Waals surface area contributed by atoms with E-state index in [1.54, 1.807) is 0 Å². The fraction of sp³-hybridized carbons (Fsp3) is 0.119. The van der Waals surface area contributed by atoms with Gasteiger partial charge in [0, 0.05) is 33.4 Å². The van der Waals surface area contributed by atoms with Gasteiger partial charge in [0.15, 0.2) is 0 Å². The number of allylic oxidation sites excluding steroid dienone is 12. The Bertz CT molecular complexity index is 3250. The zero-order valence-corrected chi connectivity index (χ0v) is 35.1. The monoisotopic (exact) mass is 784 g/mol. The van der Waals surface area contributed by atoms with Crippen molar-refractivity contribution >= 4 is 67.1 Å². The first-order chi connectivity index (χ1) is 30.1. The van der Waals surface area contributed by atoms with Gasteiger partial charge >= 0.3 is 0 Å². The second-order valence-corrected chi connectivity index (χ2v) is 16.8. The average molecular weight is 785 g/mol. The second-order valence-electron chi connectivity index (χ2n) is 16.8. The summed E-state index contributed by atoms with van der Waals surface area (Å²) in [6.07, 6.45) is 30.8. The maximum Gasteiger partial charge on any atom is 0.0633 e. The molecule has 3 aliphatic carbocycles. The lowest BCUT2D eigenvalue weighted by Gasteiger charge is -2.30. The normalized spacial score (nSPS) is 18.1. The zero-order valence-electron chi connectivity index (χ0n) is 35.1. The molecule has 2 heterocycles. The highest BCUT2D eigenvalue weighted by Gasteiger charge is 2.36. The molecule has 4 aliphatic rings. The predicted molar refractivity (Wildman–Crippen MR) is 264 cm³/mol. The summed E-state index contributed by atoms with van der Waals surface area (Å²) < 4.78 is 2.50. The lowest BCUT2D eigenvalue weighted by molar-refractivity contribution is 0.773. The van der Waals surface area contributed by atoms with Crippen molar-refractivity contribution in [1.82, 2.24) is 4.57 Å². The van der Waals surface area contributed by atoms with E-state index < -0.39 is 0 Å². The van der Waals surface area contributed by atoms with Crippen LogP contribution in [0.2, 0.25) is 0 Å². The number of benzene rings is 6. The molecular weight excluding hydrogens is 737 g/mol. The van der Waals surface area contributed by atoms with Crippen molar-refractivity contribution < 1.29 is 0 Å². The van der Waals surface area contributed by atoms with E-state index in [-0.39, 0.29) is 6.04 Å². The standard InChI is InChI=1S/C59H48N2/c1-5-8-9-18-41-34-43-20-14-24-51-47(28-29-48(41)58(43)51)42-19-13-21-45(35-42)61-56-32-27-40(37-53(56)59-50-23-12-17-38(4)46(50)30-33-57(59)61)39-26-31-55-52(36-39)49-22-10-11-25-54(49)60(55)44(15-6-2)16-7-3/h5-16,18-30,32-38,55H,2,17,31H2,1,3-4H3/b8-5-,16-7-,18-9-,44-15+. The van der Waals surface area contributed by atoms with Gasteiger partial charge in [-0.25, -0.2) is 0 Å². The van der Waals surface area contributed by atoms with Gasteiger partial charge in [0.25, 0.3) is 0 Å². The van der Waals surface area contributed by atoms with Crippen molar-refractivity contribution in [3.8, 4) is 16.8 Å². The van der Waals surface area contributed by atoms with Gasteiger partial charge < -0.3 is 9.47 Å². The van der Waals surface area contributed by atoms with Crippen molar-refractivity contribution in [1.29, 1.82) is 0 Å². The van der Waals surface area contributed by atoms with E-state index >= 15 is 0 Å². The number of anilines is 1. The number of aromatic nitrogens is 1. The Labute approximate surface area is 359 Å². The fourth-order valence-electron chi connectivity index (χ4n) is 10.6. The van der Waals surface area contributed by atoms with Crippen LogP contribution in [0.15, 0.2) is 188 Å². The number of para-hydroxylation sites is 1. The smallest absolute Gasteiger partial charge is 0.0633 e. The largest absolute Gasteiger partial charge is 0.333 e. The van der Waals surface area contributed by atoms with Gasteiger partial charge in [0.2, 0.25) is 0 Å². The van der Waals surface area contributed by atoms with Crippen LogP contribution in [-0.2, 0) is 0 Å². The summed E-state index contributed by atoms with van der Waals surface area (Å²) in [5, 5.41) is 5.25. The molecule has 0 spiro atoms. The number of hydrogen-bond donors (Lipinski definition) is 0. The number of hydrogen-bond acceptors (Lipinski definition) is 1. The third-order valence-corrected chi connectivity index (χ3v) is 13.3. The van der Waals surface area contributed by atoms with Gasteiger partial charge in [-0.3, -0.25) is 0 Å². The highest BCUT2D eigenvalue weighted by molar-refractivity contribution is 6.16. The Kier molecular flexibility index (Phi) is 8.97. The van der Waals surface area contributed by atoms with Crippen LogP contribution in [0.5, 0.6) is 0 Å². The van der Waals surface area contributed by atoms with Gasteiger partial charge in [-0.05, 0) is 160 Å². The molecule has 2 nitrogen and oxygen atoms in total. The van der Waals surface area contributed by atoms with Crippen LogP contribution in [0.3, 0.4) is 0 Å². The van der Waals surface area contributed by atoms with E-state index in [1.165, 1.54) is 105 Å². The summed E-state index contributed by atoms with van der Waals surface area (Å²) >= 11 is 0. The molecule has 2 unspecified atom stereocenters. The molecule has 2 heteroatoms. The Morgan fingerprint density at radius 2 is 1.59 bits per heavy atom. The van der Waals surface area contributed by atoms with Gasteiger partial charge in [-0.2, -0.15) is 0 Å². The summed E-state index contributed by atoms with van der Waals surface area (Å²) in [6.45, 7) is 10.5. The first-order valence-corrected chi connectivity index (χ1v) is 21.8. The van der Waals surface area contributed by atoms with Crippen LogP contribution >= 0.6 is 0 Å². The first-order valence-electron chi connectivity index (χ1n) is 21.8. The summed E-state index contributed by atoms with van der Waals surface area (Å²) in [7, 11) is 0. The number of fused-ring (bicyclic) bond motifs is 8. The summed E-state index contributed by atoms with van der Waals surface area (Å²) in [6, 6.07) is 41.6. The van der Waals surface area contributed by atoms with E-state index in [1.807, 2.05) is 6.08 Å². The van der Waals surface area contributed by atoms with Gasteiger partial charge in [0.05, 0.1) is 17.1 Å². The molecule has 0 N–H and O–H groups in total. The van der Waals surface area contributed by atoms with E-state index in [2.05, 4.69) is 219 Å². The van der Waals surface area contributed by atoms with Crippen molar-refractivity contribution in [2.75, 3.05) is 4.90 Å². The van der Waals surface area contributed by atoms with Crippen LogP contribution < -0.4 is 4.90 Å². The fourth-order valence-corrected chi connectivity index (χ4v) is 10.6. The minimum absolute atomic E-state index is 0.233. The molecule has 11 rings (SSSR count). The summed E-state index contributed by atoms with van der Waals surface area (Å²) in [4.78, 5) is 2.49. The van der Waals surface area contributed by atoms with Crippen molar-refractivity contribution in [3.05, 3.63) is 222 Å². The first kappa shape index (κ1) is 36.9. The minimum Gasteiger partial charge on any atom is -0.333 e. The third-order valence-electron chi connectivity index (χ3n) is 13.3. The second kappa shape index (κ2) is 14.8. The Morgan fingerprint density at radius 3 is 2.48 bits per heavy atom. The lowest BCUT2D eigenvalue weighted by atomic mass is 9.85. The van der Waals surface area contributed by atoms with Gasteiger partial charge in [-0.1, -0.05) is 141 Å². The summed E-state index contributed by atoms with van der Waals surface area (Å²) in [5.74, 6) is 0.474. The molecule has 0 fully saturated rings. The quantitative estimate of drug-likeness (QED) is 0.139. The molecule has 61 heavy (non-hydrogen) atoms. The number of rotatable bonds is 8. The SMILES string of the molecule is C=C/C=C(\C=C/C)N1c2ccccc2C2=CC(c3ccc4c(c3)c3c5c(ccc3n4-c3cccc(-c4ccc6c7c(cccc47)C=C6/C=C\C=C/C)c3)C(C)CC=C5)=CCC21. The molecule has 0 saturated carbocycles. The highest BCUT2D eigenvalue weighted by Crippen LogP contribution is 2.49. The lowest BCUT2D eigenvalue weighted by Crippen LogP contribution is -2.30. The molecule has 294 valence electrons. The minimum atomic E-state index is 0.233. The van der Waals surface area contributed by atoms with Crippen LogP contribution in [-0.4, -0.2) is 10.6 Å². The van der Waals surface area contributed by atoms with E-state index in [9.17, 15) is 0 Å². The molecule has 1 aliphatic heterocycles. The Balaban J connectivity index is 1.05. The van der Waals surface area contributed by atoms with Gasteiger partial charge in [0.1, 0.15) is 0 Å². The average Bonchev–Trinajstić information content (AvgIpc) is 3.94.